The molecule has 3 rings (SSSR count). The first-order chi connectivity index (χ1) is 18.0. The van der Waals surface area contributed by atoms with Crippen molar-refractivity contribution < 1.29 is 47.4 Å². The standard InChI is InChI=1S/C30H39S.H3O4P.3O.W/c1-28(2,3)22-16-10-13-19-25(22)31(26-20-14-11-17-23(26)29(4,5)6)27-21-15-12-18-24(27)30(7,8)9;1-5(2,3)4;;;;/h10-21H,1-9H3;(H3,1,2,3,4);;;;/q+1;;;;-1;. The fourth-order valence-corrected chi connectivity index (χ4v) is 7.29. The molecule has 0 aromatic heterocycles. The molecule has 3 aromatic carbocycles. The molecule has 0 unspecified atom stereocenters. The minimum absolute atomic E-state index is 0.0786. The third-order valence-corrected chi connectivity index (χ3v) is 8.13. The molecule has 0 atom stereocenters. The molecule has 0 radical (unpaired) electrons. The molecule has 7 nitrogen and oxygen atoms in total. The van der Waals surface area contributed by atoms with Gasteiger partial charge in [0, 0.05) is 16.7 Å². The van der Waals surface area contributed by atoms with Gasteiger partial charge in [0.2, 0.25) is 0 Å². The van der Waals surface area contributed by atoms with Crippen LogP contribution in [0.25, 0.3) is 0 Å². The van der Waals surface area contributed by atoms with E-state index in [1.165, 1.54) is 31.4 Å². The summed E-state index contributed by atoms with van der Waals surface area (Å²) in [5.74, 6) is 0. The van der Waals surface area contributed by atoms with E-state index in [0.29, 0.717) is 0 Å². The molecule has 0 saturated carbocycles. The summed E-state index contributed by atoms with van der Waals surface area (Å²) in [5.41, 5.74) is 4.54. The van der Waals surface area contributed by atoms with Crippen molar-refractivity contribution in [3.8, 4) is 0 Å². The van der Waals surface area contributed by atoms with E-state index in [1.54, 1.807) is 0 Å². The van der Waals surface area contributed by atoms with Crippen LogP contribution in [0.1, 0.15) is 79.0 Å². The third kappa shape index (κ3) is 12.1. The fourth-order valence-electron chi connectivity index (χ4n) is 4.15. The van der Waals surface area contributed by atoms with E-state index in [1.807, 2.05) is 0 Å². The maximum absolute atomic E-state index is 8.88. The average molecular weight is 762 g/mol. The zero-order chi connectivity index (χ0) is 31.1. The van der Waals surface area contributed by atoms with Gasteiger partial charge in [-0.25, -0.2) is 4.57 Å². The van der Waals surface area contributed by atoms with Gasteiger partial charge in [-0.1, -0.05) is 117 Å². The molecule has 40 heavy (non-hydrogen) atoms. The van der Waals surface area contributed by atoms with Crippen molar-refractivity contribution >= 4 is 18.7 Å². The molecule has 0 aliphatic carbocycles. The average Bonchev–Trinajstić information content (AvgIpc) is 2.77. The summed E-state index contributed by atoms with van der Waals surface area (Å²) in [4.78, 5) is 25.9. The van der Waals surface area contributed by atoms with Crippen LogP contribution >= 0.6 is 7.82 Å². The van der Waals surface area contributed by atoms with Crippen LogP contribution in [0.4, 0.5) is 0 Å². The van der Waals surface area contributed by atoms with Gasteiger partial charge in [0.15, 0.2) is 14.7 Å². The molecule has 221 valence electrons. The van der Waals surface area contributed by atoms with E-state index in [0.717, 1.165) is 0 Å². The van der Waals surface area contributed by atoms with Gasteiger partial charge in [-0.2, -0.15) is 0 Å². The molecule has 3 aromatic rings. The van der Waals surface area contributed by atoms with Crippen molar-refractivity contribution in [1.82, 2.24) is 0 Å². The zero-order valence-electron chi connectivity index (χ0n) is 24.7. The SMILES string of the molecule is CC(C)(C)c1ccccc1[S+](c1ccccc1C(C)(C)C)c1ccccc1C(C)(C)C.O=P(O)(O)O.[O]=[W](=[O])[O-]. The molecular formula is C30H42O7PSW. The summed E-state index contributed by atoms with van der Waals surface area (Å²) in [6.07, 6.45) is 0. The van der Waals surface area contributed by atoms with Crippen molar-refractivity contribution in [3.63, 3.8) is 0 Å². The van der Waals surface area contributed by atoms with Gasteiger partial charge in [-0.15, -0.1) is 0 Å². The van der Waals surface area contributed by atoms with Crippen LogP contribution in [0.2, 0.25) is 0 Å². The van der Waals surface area contributed by atoms with Crippen molar-refractivity contribution in [3.05, 3.63) is 89.5 Å². The molecule has 0 aliphatic rings. The van der Waals surface area contributed by atoms with Crippen molar-refractivity contribution in [2.24, 2.45) is 0 Å². The monoisotopic (exact) mass is 761 g/mol. The predicted molar refractivity (Wildman–Crippen MR) is 153 cm³/mol. The van der Waals surface area contributed by atoms with E-state index in [9.17, 15) is 0 Å². The van der Waals surface area contributed by atoms with Crippen LogP contribution in [0, 0.1) is 0 Å². The van der Waals surface area contributed by atoms with Crippen molar-refractivity contribution in [2.75, 3.05) is 0 Å². The second-order valence-electron chi connectivity index (χ2n) is 12.3. The van der Waals surface area contributed by atoms with Crippen LogP contribution in [0.15, 0.2) is 87.5 Å². The molecule has 0 heterocycles. The van der Waals surface area contributed by atoms with Gasteiger partial charge in [0.1, 0.15) is 10.9 Å². The fraction of sp³-hybridized carbons (Fsp3) is 0.400. The number of rotatable bonds is 3. The Labute approximate surface area is 247 Å². The van der Waals surface area contributed by atoms with Gasteiger partial charge in [-0.05, 0) is 34.4 Å². The number of hydrogen-bond donors (Lipinski definition) is 3. The van der Waals surface area contributed by atoms with Gasteiger partial charge in [0.05, 0.1) is 0 Å². The Balaban J connectivity index is 0.000000773. The zero-order valence-corrected chi connectivity index (χ0v) is 29.3. The molecule has 0 spiro atoms. The first kappa shape index (κ1) is 36.4. The van der Waals surface area contributed by atoms with Crippen LogP contribution in [-0.4, -0.2) is 14.7 Å². The van der Waals surface area contributed by atoms with E-state index in [-0.39, 0.29) is 27.1 Å². The first-order valence-electron chi connectivity index (χ1n) is 12.6. The summed E-state index contributed by atoms with van der Waals surface area (Å²) in [6.45, 7) is 21.0. The van der Waals surface area contributed by atoms with Gasteiger partial charge < -0.3 is 14.7 Å². The van der Waals surface area contributed by atoms with Crippen LogP contribution < -0.4 is 3.76 Å². The Morgan fingerprint density at radius 2 is 0.750 bits per heavy atom. The molecular weight excluding hydrogens is 719 g/mol. The molecule has 10 heteroatoms. The maximum atomic E-state index is 8.88. The summed E-state index contributed by atoms with van der Waals surface area (Å²) in [7, 11) is -4.83. The van der Waals surface area contributed by atoms with E-state index in [2.05, 4.69) is 135 Å². The van der Waals surface area contributed by atoms with Gasteiger partial charge in [0.25, 0.3) is 0 Å². The summed E-state index contributed by atoms with van der Waals surface area (Å²) < 4.78 is 34.7. The molecule has 0 aliphatic heterocycles. The topological polar surface area (TPSA) is 135 Å². The summed E-state index contributed by atoms with van der Waals surface area (Å²) >= 11 is -4.28. The molecule has 3 N–H and O–H groups in total. The molecule has 0 saturated heterocycles. The number of hydrogen-bond acceptors (Lipinski definition) is 4. The van der Waals surface area contributed by atoms with E-state index < -0.39 is 25.4 Å². The molecule has 0 fully saturated rings. The Morgan fingerprint density at radius 3 is 0.925 bits per heavy atom. The Hall–Kier alpha value is -1.63. The Kier molecular flexibility index (Phi) is 13.2. The van der Waals surface area contributed by atoms with E-state index >= 15 is 0 Å². The Morgan fingerprint density at radius 1 is 0.575 bits per heavy atom. The van der Waals surface area contributed by atoms with E-state index in [4.69, 9.17) is 29.8 Å². The minimum atomic E-state index is -4.64. The quantitative estimate of drug-likeness (QED) is 0.210. The molecule has 0 bridgehead atoms. The van der Waals surface area contributed by atoms with Crippen LogP contribution in [-0.2, 0) is 56.1 Å². The summed E-state index contributed by atoms with van der Waals surface area (Å²) in [6, 6.07) is 27.3. The van der Waals surface area contributed by atoms with Crippen LogP contribution in [0.3, 0.4) is 0 Å². The summed E-state index contributed by atoms with van der Waals surface area (Å²) in [5, 5.41) is 0. The molecule has 0 amide bonds. The van der Waals surface area contributed by atoms with Crippen LogP contribution in [0.5, 0.6) is 0 Å². The van der Waals surface area contributed by atoms with Gasteiger partial charge in [-0.3, -0.25) is 0 Å². The van der Waals surface area contributed by atoms with Gasteiger partial charge >= 0.3 is 36.0 Å². The second-order valence-corrected chi connectivity index (χ2v) is 16.7. The second kappa shape index (κ2) is 14.5. The normalized spacial score (nSPS) is 12.2. The number of benzene rings is 3. The first-order valence-corrected chi connectivity index (χ1v) is 19.0. The van der Waals surface area contributed by atoms with Crippen molar-refractivity contribution in [1.29, 1.82) is 0 Å². The number of phosphoric acid groups is 1. The van der Waals surface area contributed by atoms with Crippen molar-refractivity contribution in [2.45, 2.75) is 93.2 Å². The predicted octanol–water partition coefficient (Wildman–Crippen LogP) is 6.32. The Bertz CT molecular complexity index is 1220. The third-order valence-electron chi connectivity index (χ3n) is 5.74.